The first-order chi connectivity index (χ1) is 11.1. The second-order valence-corrected chi connectivity index (χ2v) is 5.88. The summed E-state index contributed by atoms with van der Waals surface area (Å²) >= 11 is 0. The fraction of sp³-hybridized carbons (Fsp3) is 0.333. The first-order valence-electron chi connectivity index (χ1n) is 8.39. The van der Waals surface area contributed by atoms with Gasteiger partial charge in [0.15, 0.2) is 0 Å². The van der Waals surface area contributed by atoms with Gasteiger partial charge in [-0.05, 0) is 48.1 Å². The van der Waals surface area contributed by atoms with Crippen LogP contribution in [0.25, 0.3) is 17.2 Å². The molecule has 0 bridgehead atoms. The van der Waals surface area contributed by atoms with Gasteiger partial charge in [0.1, 0.15) is 11.6 Å². The lowest BCUT2D eigenvalue weighted by Crippen LogP contribution is -1.87. The van der Waals surface area contributed by atoms with E-state index in [0.717, 1.165) is 36.8 Å². The van der Waals surface area contributed by atoms with Gasteiger partial charge < -0.3 is 0 Å². The van der Waals surface area contributed by atoms with E-state index in [2.05, 4.69) is 19.1 Å². The minimum Gasteiger partial charge on any atom is -0.212 e. The Morgan fingerprint density at radius 2 is 1.65 bits per heavy atom. The highest BCUT2D eigenvalue weighted by Gasteiger charge is 2.05. The molecule has 0 saturated carbocycles. The van der Waals surface area contributed by atoms with E-state index >= 15 is 0 Å². The molecule has 2 aromatic carbocycles. The van der Waals surface area contributed by atoms with Crippen molar-refractivity contribution in [3.63, 3.8) is 0 Å². The topological polar surface area (TPSA) is 0 Å². The summed E-state index contributed by atoms with van der Waals surface area (Å²) in [6.45, 7) is 4.16. The van der Waals surface area contributed by atoms with E-state index in [1.807, 2.05) is 25.1 Å². The Balaban J connectivity index is 2.18. The Hall–Kier alpha value is -1.96. The van der Waals surface area contributed by atoms with Crippen LogP contribution in [0.2, 0.25) is 0 Å². The van der Waals surface area contributed by atoms with Crippen molar-refractivity contribution in [2.24, 2.45) is 0 Å². The Kier molecular flexibility index (Phi) is 6.52. The Labute approximate surface area is 137 Å². The minimum atomic E-state index is -0.383. The summed E-state index contributed by atoms with van der Waals surface area (Å²) in [6, 6.07) is 13.2. The van der Waals surface area contributed by atoms with Gasteiger partial charge in [0.2, 0.25) is 0 Å². The average Bonchev–Trinajstić information content (AvgIpc) is 2.56. The normalized spacial score (nSPS) is 11.7. The fourth-order valence-corrected chi connectivity index (χ4v) is 2.56. The van der Waals surface area contributed by atoms with Crippen LogP contribution in [-0.4, -0.2) is 0 Å². The lowest BCUT2D eigenvalue weighted by atomic mass is 10.0. The molecule has 0 saturated heterocycles. The predicted octanol–water partition coefficient (Wildman–Crippen LogP) is 6.95. The molecule has 0 unspecified atom stereocenters. The van der Waals surface area contributed by atoms with Gasteiger partial charge in [-0.15, -0.1) is 0 Å². The molecule has 0 amide bonds. The van der Waals surface area contributed by atoms with Crippen LogP contribution in [0.3, 0.4) is 0 Å². The maximum Gasteiger partial charge on any atom is 0.131 e. The van der Waals surface area contributed by atoms with Crippen LogP contribution in [0, 0.1) is 5.82 Å². The molecule has 2 heteroatoms. The summed E-state index contributed by atoms with van der Waals surface area (Å²) in [5, 5.41) is 0. The SMILES string of the molecule is CCCC/C(F)=C\c1ccc(-c2ccc(CCC)cc2)cc1F. The number of unbranched alkanes of at least 4 members (excludes halogenated alkanes) is 1. The zero-order chi connectivity index (χ0) is 16.7. The average molecular weight is 314 g/mol. The van der Waals surface area contributed by atoms with E-state index in [1.54, 1.807) is 6.07 Å². The summed E-state index contributed by atoms with van der Waals surface area (Å²) in [7, 11) is 0. The first-order valence-corrected chi connectivity index (χ1v) is 8.39. The van der Waals surface area contributed by atoms with E-state index in [1.165, 1.54) is 17.7 Å². The molecule has 0 heterocycles. The van der Waals surface area contributed by atoms with E-state index in [4.69, 9.17) is 0 Å². The number of allylic oxidation sites excluding steroid dienone is 1. The van der Waals surface area contributed by atoms with Gasteiger partial charge >= 0.3 is 0 Å². The number of hydrogen-bond donors (Lipinski definition) is 0. The third-order valence-electron chi connectivity index (χ3n) is 3.91. The van der Waals surface area contributed by atoms with E-state index in [-0.39, 0.29) is 11.6 Å². The number of hydrogen-bond acceptors (Lipinski definition) is 0. The largest absolute Gasteiger partial charge is 0.212 e. The number of rotatable bonds is 7. The van der Waals surface area contributed by atoms with E-state index < -0.39 is 0 Å². The van der Waals surface area contributed by atoms with Crippen molar-refractivity contribution in [2.75, 3.05) is 0 Å². The minimum absolute atomic E-state index is 0.262. The van der Waals surface area contributed by atoms with Crippen molar-refractivity contribution in [1.29, 1.82) is 0 Å². The zero-order valence-corrected chi connectivity index (χ0v) is 13.9. The first kappa shape index (κ1) is 17.4. The van der Waals surface area contributed by atoms with Gasteiger partial charge in [0.25, 0.3) is 0 Å². The Bertz CT molecular complexity index is 654. The number of benzene rings is 2. The molecular weight excluding hydrogens is 290 g/mol. The summed E-state index contributed by atoms with van der Waals surface area (Å²) in [6.07, 6.45) is 5.55. The van der Waals surface area contributed by atoms with Gasteiger partial charge in [-0.1, -0.05) is 63.1 Å². The predicted molar refractivity (Wildman–Crippen MR) is 94.4 cm³/mol. The van der Waals surface area contributed by atoms with Crippen LogP contribution in [0.1, 0.15) is 50.7 Å². The van der Waals surface area contributed by atoms with Crippen molar-refractivity contribution in [3.8, 4) is 11.1 Å². The molecule has 2 aromatic rings. The summed E-state index contributed by atoms with van der Waals surface area (Å²) in [5.41, 5.74) is 3.39. The molecule has 0 atom stereocenters. The lowest BCUT2D eigenvalue weighted by Gasteiger charge is -2.06. The molecule has 0 radical (unpaired) electrons. The monoisotopic (exact) mass is 314 g/mol. The highest BCUT2D eigenvalue weighted by Crippen LogP contribution is 2.24. The molecular formula is C21H24F2. The van der Waals surface area contributed by atoms with Gasteiger partial charge in [0.05, 0.1) is 0 Å². The second-order valence-electron chi connectivity index (χ2n) is 5.88. The van der Waals surface area contributed by atoms with Gasteiger partial charge in [-0.25, -0.2) is 8.78 Å². The van der Waals surface area contributed by atoms with E-state index in [0.29, 0.717) is 12.0 Å². The Morgan fingerprint density at radius 1 is 0.957 bits per heavy atom. The van der Waals surface area contributed by atoms with Crippen LogP contribution < -0.4 is 0 Å². The molecule has 0 aliphatic heterocycles. The van der Waals surface area contributed by atoms with Crippen molar-refractivity contribution < 1.29 is 8.78 Å². The summed E-state index contributed by atoms with van der Waals surface area (Å²) < 4.78 is 27.9. The van der Waals surface area contributed by atoms with Crippen LogP contribution in [0.4, 0.5) is 8.78 Å². The second kappa shape index (κ2) is 8.61. The third-order valence-corrected chi connectivity index (χ3v) is 3.91. The maximum absolute atomic E-state index is 14.2. The highest BCUT2D eigenvalue weighted by atomic mass is 19.1. The molecule has 122 valence electrons. The van der Waals surface area contributed by atoms with Gasteiger partial charge in [-0.3, -0.25) is 0 Å². The third kappa shape index (κ3) is 5.02. The Morgan fingerprint density at radius 3 is 2.26 bits per heavy atom. The summed E-state index contributed by atoms with van der Waals surface area (Å²) in [5.74, 6) is -0.644. The summed E-state index contributed by atoms with van der Waals surface area (Å²) in [4.78, 5) is 0. The molecule has 0 nitrogen and oxygen atoms in total. The maximum atomic E-state index is 14.2. The quantitative estimate of drug-likeness (QED) is 0.519. The molecule has 0 aliphatic rings. The molecule has 2 rings (SSSR count). The van der Waals surface area contributed by atoms with Crippen molar-refractivity contribution in [3.05, 3.63) is 65.2 Å². The van der Waals surface area contributed by atoms with E-state index in [9.17, 15) is 8.78 Å². The molecule has 0 fully saturated rings. The van der Waals surface area contributed by atoms with Crippen molar-refractivity contribution in [1.82, 2.24) is 0 Å². The van der Waals surface area contributed by atoms with Crippen LogP contribution in [0.15, 0.2) is 48.3 Å². The molecule has 0 N–H and O–H groups in total. The van der Waals surface area contributed by atoms with Crippen LogP contribution in [0.5, 0.6) is 0 Å². The zero-order valence-electron chi connectivity index (χ0n) is 13.9. The number of aryl methyl sites for hydroxylation is 1. The fourth-order valence-electron chi connectivity index (χ4n) is 2.56. The lowest BCUT2D eigenvalue weighted by molar-refractivity contribution is 0.575. The van der Waals surface area contributed by atoms with Crippen LogP contribution in [-0.2, 0) is 6.42 Å². The molecule has 0 spiro atoms. The van der Waals surface area contributed by atoms with Crippen LogP contribution >= 0.6 is 0 Å². The smallest absolute Gasteiger partial charge is 0.131 e. The van der Waals surface area contributed by atoms with Gasteiger partial charge in [0, 0.05) is 5.56 Å². The van der Waals surface area contributed by atoms with Crippen molar-refractivity contribution in [2.45, 2.75) is 46.0 Å². The number of halogens is 2. The van der Waals surface area contributed by atoms with Gasteiger partial charge in [-0.2, -0.15) is 0 Å². The molecule has 0 aliphatic carbocycles. The highest BCUT2D eigenvalue weighted by molar-refractivity contribution is 5.66. The standard InChI is InChI=1S/C21H24F2/c1-3-5-7-20(22)14-19-13-12-18(15-21(19)23)17-10-8-16(6-4-2)9-11-17/h8-15H,3-7H2,1-2H3/b20-14+. The van der Waals surface area contributed by atoms with Crippen molar-refractivity contribution >= 4 is 6.08 Å². The molecule has 0 aromatic heterocycles. The molecule has 23 heavy (non-hydrogen) atoms.